The van der Waals surface area contributed by atoms with Crippen molar-refractivity contribution in [3.8, 4) is 0 Å². The molecule has 0 atom stereocenters. The Bertz CT molecular complexity index is 897. The molecule has 0 spiro atoms. The Morgan fingerprint density at radius 3 is 1.43 bits per heavy atom. The molecule has 0 radical (unpaired) electrons. The van der Waals surface area contributed by atoms with Crippen LogP contribution in [0.4, 0.5) is 11.4 Å². The van der Waals surface area contributed by atoms with Crippen molar-refractivity contribution in [1.29, 1.82) is 0 Å². The minimum absolute atomic E-state index is 0.358. The Hall–Kier alpha value is -1.96. The van der Waals surface area contributed by atoms with Crippen molar-refractivity contribution in [2.45, 2.75) is 4.75 Å². The van der Waals surface area contributed by atoms with E-state index >= 15 is 0 Å². The summed E-state index contributed by atoms with van der Waals surface area (Å²) in [7, 11) is 6.90. The summed E-state index contributed by atoms with van der Waals surface area (Å²) >= 11 is 5.41. The van der Waals surface area contributed by atoms with Crippen LogP contribution in [0, 0.1) is 0 Å². The molecule has 0 unspecified atom stereocenters. The molecule has 3 rings (SSSR count). The topological polar surface area (TPSA) is 6.48 Å². The quantitative estimate of drug-likeness (QED) is 0.380. The van der Waals surface area contributed by atoms with E-state index < -0.39 is 7.26 Å². The Morgan fingerprint density at radius 1 is 0.667 bits per heavy atom. The molecule has 0 N–H and O–H groups in total. The Kier molecular flexibility index (Phi) is 6.84. The Balaban J connectivity index is 2.08. The molecule has 3 aromatic carbocycles. The van der Waals surface area contributed by atoms with Crippen LogP contribution in [-0.4, -0.2) is 47.7 Å². The first-order valence-electron chi connectivity index (χ1n) is 10.3. The molecule has 3 aromatic rings. The highest BCUT2D eigenvalue weighted by Gasteiger charge is 2.42. The molecule has 30 heavy (non-hydrogen) atoms. The van der Waals surface area contributed by atoms with Gasteiger partial charge in [0.15, 0.2) is 0 Å². The molecular weight excluding hydrogens is 403 g/mol. The monoisotopic (exact) mass is 437 g/mol. The van der Waals surface area contributed by atoms with Gasteiger partial charge in [-0.05, 0) is 47.5 Å². The fourth-order valence-electron chi connectivity index (χ4n) is 3.91. The van der Waals surface area contributed by atoms with E-state index in [4.69, 9.17) is 12.6 Å². The van der Waals surface area contributed by atoms with Crippen molar-refractivity contribution >= 4 is 36.6 Å². The van der Waals surface area contributed by atoms with Crippen molar-refractivity contribution < 1.29 is 0 Å². The maximum absolute atomic E-state index is 5.41. The first-order chi connectivity index (χ1) is 14.1. The highest BCUT2D eigenvalue weighted by atomic mass is 32.1. The van der Waals surface area contributed by atoms with E-state index in [1.165, 1.54) is 27.8 Å². The predicted octanol–water partition coefficient (Wildman–Crippen LogP) is 5.59. The fraction of sp³-hybridized carbons (Fsp3) is 0.308. The summed E-state index contributed by atoms with van der Waals surface area (Å²) in [6, 6.07) is 28.7. The maximum Gasteiger partial charge on any atom is 0.0966 e. The third-order valence-electron chi connectivity index (χ3n) is 5.80. The van der Waals surface area contributed by atoms with Crippen molar-refractivity contribution in [3.63, 3.8) is 0 Å². The molecule has 0 saturated heterocycles. The van der Waals surface area contributed by atoms with Crippen LogP contribution < -0.4 is 15.1 Å². The standard InChI is InChI=1S/C26H33N2PS/c1-27(2)23-16-12-21(13-17-23)26(30,22-14-18-24(19-15-22)28(3)4)20-29(5,6)25-10-8-7-9-11-25/h7-19H,20H2,1-6H3/p+1. The molecule has 0 fully saturated rings. The highest BCUT2D eigenvalue weighted by molar-refractivity contribution is 7.85. The van der Waals surface area contributed by atoms with Gasteiger partial charge < -0.3 is 9.80 Å². The van der Waals surface area contributed by atoms with Gasteiger partial charge in [0.2, 0.25) is 0 Å². The minimum Gasteiger partial charge on any atom is -0.378 e. The lowest BCUT2D eigenvalue weighted by Gasteiger charge is -2.34. The van der Waals surface area contributed by atoms with Crippen LogP contribution >= 0.6 is 19.9 Å². The van der Waals surface area contributed by atoms with Gasteiger partial charge in [0, 0.05) is 46.8 Å². The summed E-state index contributed by atoms with van der Waals surface area (Å²) in [4.78, 5) is 4.27. The van der Waals surface area contributed by atoms with Gasteiger partial charge >= 0.3 is 0 Å². The normalized spacial score (nSPS) is 12.0. The third-order valence-corrected chi connectivity index (χ3v) is 9.69. The number of thiol groups is 1. The lowest BCUT2D eigenvalue weighted by Crippen LogP contribution is -2.30. The summed E-state index contributed by atoms with van der Waals surface area (Å²) in [6.07, 6.45) is 0.996. The second kappa shape index (κ2) is 9.04. The molecular formula is C26H34N2PS+. The van der Waals surface area contributed by atoms with E-state index in [1.54, 1.807) is 0 Å². The van der Waals surface area contributed by atoms with E-state index in [2.05, 4.69) is 130 Å². The van der Waals surface area contributed by atoms with E-state index in [-0.39, 0.29) is 4.75 Å². The summed E-state index contributed by atoms with van der Waals surface area (Å²) in [5, 5.41) is 1.44. The molecule has 0 aliphatic rings. The van der Waals surface area contributed by atoms with Crippen LogP contribution in [-0.2, 0) is 4.75 Å². The van der Waals surface area contributed by atoms with Gasteiger partial charge in [-0.25, -0.2) is 0 Å². The van der Waals surface area contributed by atoms with Crippen LogP contribution in [0.15, 0.2) is 78.9 Å². The first kappa shape index (κ1) is 22.7. The first-order valence-corrected chi connectivity index (χ1v) is 13.6. The van der Waals surface area contributed by atoms with E-state index in [0.29, 0.717) is 0 Å². The van der Waals surface area contributed by atoms with Crippen LogP contribution in [0.1, 0.15) is 11.1 Å². The number of nitrogens with zero attached hydrogens (tertiary/aromatic N) is 2. The second-order valence-electron chi connectivity index (χ2n) is 8.92. The van der Waals surface area contributed by atoms with E-state index in [1.807, 2.05) is 0 Å². The molecule has 2 nitrogen and oxygen atoms in total. The highest BCUT2D eigenvalue weighted by Crippen LogP contribution is 2.57. The third kappa shape index (κ3) is 4.85. The van der Waals surface area contributed by atoms with E-state index in [9.17, 15) is 0 Å². The average Bonchev–Trinajstić information content (AvgIpc) is 2.74. The number of rotatable bonds is 7. The lowest BCUT2D eigenvalue weighted by atomic mass is 9.91. The van der Waals surface area contributed by atoms with Crippen LogP contribution in [0.3, 0.4) is 0 Å². The van der Waals surface area contributed by atoms with Gasteiger partial charge in [-0.2, -0.15) is 12.6 Å². The average molecular weight is 438 g/mol. The zero-order valence-corrected chi connectivity index (χ0v) is 20.8. The van der Waals surface area contributed by atoms with Gasteiger partial charge in [0.05, 0.1) is 29.5 Å². The number of benzene rings is 3. The molecule has 0 aliphatic carbocycles. The zero-order valence-electron chi connectivity index (χ0n) is 19.0. The molecule has 0 amide bonds. The fourth-order valence-corrected chi connectivity index (χ4v) is 7.94. The van der Waals surface area contributed by atoms with Gasteiger partial charge in [0.1, 0.15) is 0 Å². The smallest absolute Gasteiger partial charge is 0.0966 e. The Labute approximate surface area is 188 Å². The zero-order chi connectivity index (χ0) is 21.9. The Morgan fingerprint density at radius 2 is 1.07 bits per heavy atom. The van der Waals surface area contributed by atoms with Gasteiger partial charge in [-0.3, -0.25) is 0 Å². The van der Waals surface area contributed by atoms with Gasteiger partial charge in [-0.15, -0.1) is 0 Å². The summed E-state index contributed by atoms with van der Waals surface area (Å²) in [6.45, 7) is 4.85. The van der Waals surface area contributed by atoms with Gasteiger partial charge in [0.25, 0.3) is 0 Å². The largest absolute Gasteiger partial charge is 0.378 e. The predicted molar refractivity (Wildman–Crippen MR) is 141 cm³/mol. The number of hydrogen-bond acceptors (Lipinski definition) is 3. The minimum atomic E-state index is -1.41. The summed E-state index contributed by atoms with van der Waals surface area (Å²) < 4.78 is -0.358. The van der Waals surface area contributed by atoms with Crippen molar-refractivity contribution in [3.05, 3.63) is 90.0 Å². The molecule has 4 heteroatoms. The number of anilines is 2. The lowest BCUT2D eigenvalue weighted by molar-refractivity contribution is 0.853. The molecule has 0 saturated carbocycles. The summed E-state index contributed by atoms with van der Waals surface area (Å²) in [5.74, 6) is 0. The molecule has 158 valence electrons. The molecule has 0 aromatic heterocycles. The molecule has 0 bridgehead atoms. The maximum atomic E-state index is 5.41. The van der Waals surface area contributed by atoms with E-state index in [0.717, 1.165) is 6.16 Å². The van der Waals surface area contributed by atoms with Crippen molar-refractivity contribution in [2.75, 3.05) is 57.5 Å². The molecule has 0 heterocycles. The number of hydrogen-bond donors (Lipinski definition) is 1. The SMILES string of the molecule is CN(C)c1ccc(C(S)(C[P+](C)(C)c2ccccc2)c2ccc(N(C)C)cc2)cc1. The summed E-state index contributed by atoms with van der Waals surface area (Å²) in [5.41, 5.74) is 4.90. The second-order valence-corrected chi connectivity index (χ2v) is 13.9. The van der Waals surface area contributed by atoms with Crippen LogP contribution in [0.2, 0.25) is 0 Å². The van der Waals surface area contributed by atoms with Crippen molar-refractivity contribution in [1.82, 2.24) is 0 Å². The van der Waals surface area contributed by atoms with Gasteiger partial charge in [-0.1, -0.05) is 42.5 Å². The van der Waals surface area contributed by atoms with Crippen LogP contribution in [0.25, 0.3) is 0 Å². The molecule has 0 aliphatic heterocycles. The van der Waals surface area contributed by atoms with Crippen molar-refractivity contribution in [2.24, 2.45) is 0 Å². The van der Waals surface area contributed by atoms with Crippen LogP contribution in [0.5, 0.6) is 0 Å².